The number of nitrogens with zero attached hydrogens (tertiary/aromatic N) is 1. The molecule has 0 radical (unpaired) electrons. The lowest BCUT2D eigenvalue weighted by molar-refractivity contribution is -0.201. The lowest BCUT2D eigenvalue weighted by Gasteiger charge is -2.21. The Morgan fingerprint density at radius 1 is 1.40 bits per heavy atom. The quantitative estimate of drug-likeness (QED) is 0.441. The largest absolute Gasteiger partial charge is 0.362 e. The van der Waals surface area contributed by atoms with Gasteiger partial charge in [-0.1, -0.05) is 0 Å². The second kappa shape index (κ2) is 2.76. The van der Waals surface area contributed by atoms with Crippen LogP contribution < -0.4 is 0 Å². The van der Waals surface area contributed by atoms with Crippen LogP contribution in [0.25, 0.3) is 0 Å². The standard InChI is InChI=1S/C5H7NO4/c1-9-6-4(7)2-10-3-5(6)8/h2-3H2,1H3. The SMILES string of the molecule is CON1C(=O)COCC1=O. The van der Waals surface area contributed by atoms with E-state index in [4.69, 9.17) is 0 Å². The van der Waals surface area contributed by atoms with Gasteiger partial charge in [0.05, 0.1) is 7.11 Å². The predicted octanol–water partition coefficient (Wildman–Crippen LogP) is -1.07. The van der Waals surface area contributed by atoms with Gasteiger partial charge < -0.3 is 4.74 Å². The Hall–Kier alpha value is -0.940. The van der Waals surface area contributed by atoms with E-state index in [9.17, 15) is 9.59 Å². The molecule has 0 unspecified atom stereocenters. The highest BCUT2D eigenvalue weighted by Crippen LogP contribution is 1.99. The minimum Gasteiger partial charge on any atom is -0.362 e. The summed E-state index contributed by atoms with van der Waals surface area (Å²) >= 11 is 0. The number of ether oxygens (including phenoxy) is 1. The van der Waals surface area contributed by atoms with Gasteiger partial charge in [0, 0.05) is 0 Å². The van der Waals surface area contributed by atoms with E-state index < -0.39 is 11.8 Å². The van der Waals surface area contributed by atoms with Gasteiger partial charge in [-0.2, -0.15) is 0 Å². The van der Waals surface area contributed by atoms with Gasteiger partial charge in [-0.3, -0.25) is 14.4 Å². The number of imide groups is 1. The van der Waals surface area contributed by atoms with E-state index >= 15 is 0 Å². The Kier molecular flexibility index (Phi) is 1.98. The van der Waals surface area contributed by atoms with E-state index in [2.05, 4.69) is 9.57 Å². The zero-order valence-corrected chi connectivity index (χ0v) is 5.49. The van der Waals surface area contributed by atoms with Gasteiger partial charge in [0.2, 0.25) is 0 Å². The van der Waals surface area contributed by atoms with Crippen LogP contribution in [-0.4, -0.2) is 37.2 Å². The smallest absolute Gasteiger partial charge is 0.279 e. The molecule has 0 aromatic rings. The van der Waals surface area contributed by atoms with Gasteiger partial charge in [-0.15, -0.1) is 5.06 Å². The van der Waals surface area contributed by atoms with Crippen molar-refractivity contribution in [1.29, 1.82) is 0 Å². The van der Waals surface area contributed by atoms with Crippen molar-refractivity contribution in [3.8, 4) is 0 Å². The number of amides is 2. The Morgan fingerprint density at radius 3 is 2.20 bits per heavy atom. The molecule has 1 heterocycles. The first-order valence-electron chi connectivity index (χ1n) is 2.73. The van der Waals surface area contributed by atoms with Crippen molar-refractivity contribution < 1.29 is 19.2 Å². The molecule has 1 saturated heterocycles. The van der Waals surface area contributed by atoms with Crippen molar-refractivity contribution in [2.24, 2.45) is 0 Å². The maximum atomic E-state index is 10.7. The van der Waals surface area contributed by atoms with Gasteiger partial charge in [0.25, 0.3) is 11.8 Å². The molecule has 0 N–H and O–H groups in total. The topological polar surface area (TPSA) is 55.8 Å². The molecule has 5 heteroatoms. The summed E-state index contributed by atoms with van der Waals surface area (Å²) < 4.78 is 4.61. The molecule has 0 aromatic heterocycles. The third kappa shape index (κ3) is 1.14. The minimum atomic E-state index is -0.459. The maximum absolute atomic E-state index is 10.7. The Bertz CT molecular complexity index is 151. The molecule has 1 aliphatic heterocycles. The third-order valence-electron chi connectivity index (χ3n) is 1.09. The summed E-state index contributed by atoms with van der Waals surface area (Å²) in [5, 5.41) is 0.698. The normalized spacial score (nSPS) is 19.9. The summed E-state index contributed by atoms with van der Waals surface area (Å²) in [6.07, 6.45) is 0. The van der Waals surface area contributed by atoms with Crippen molar-refractivity contribution in [2.75, 3.05) is 20.3 Å². The van der Waals surface area contributed by atoms with Crippen LogP contribution in [0.15, 0.2) is 0 Å². The molecule has 56 valence electrons. The molecule has 0 spiro atoms. The monoisotopic (exact) mass is 145 g/mol. The van der Waals surface area contributed by atoms with E-state index in [0.29, 0.717) is 5.06 Å². The fraction of sp³-hybridized carbons (Fsp3) is 0.600. The molecule has 0 saturated carbocycles. The molecule has 0 aromatic carbocycles. The molecule has 5 nitrogen and oxygen atoms in total. The Labute approximate surface area is 57.5 Å². The van der Waals surface area contributed by atoms with E-state index in [1.807, 2.05) is 0 Å². The summed E-state index contributed by atoms with van der Waals surface area (Å²) in [5.74, 6) is -0.919. The summed E-state index contributed by atoms with van der Waals surface area (Å²) in [7, 11) is 1.27. The molecule has 0 atom stereocenters. The number of hydrogen-bond acceptors (Lipinski definition) is 4. The number of rotatable bonds is 1. The molecule has 1 rings (SSSR count). The number of morpholine rings is 1. The van der Waals surface area contributed by atoms with Crippen LogP contribution in [0, 0.1) is 0 Å². The van der Waals surface area contributed by atoms with Crippen LogP contribution in [-0.2, 0) is 19.2 Å². The maximum Gasteiger partial charge on any atom is 0.279 e. The zero-order chi connectivity index (χ0) is 7.56. The van der Waals surface area contributed by atoms with Crippen LogP contribution in [0.5, 0.6) is 0 Å². The molecule has 10 heavy (non-hydrogen) atoms. The lowest BCUT2D eigenvalue weighted by Crippen LogP contribution is -2.45. The van der Waals surface area contributed by atoms with Crippen LogP contribution in [0.2, 0.25) is 0 Å². The summed E-state index contributed by atoms with van der Waals surface area (Å²) in [5.41, 5.74) is 0. The molecule has 1 aliphatic rings. The first-order valence-corrected chi connectivity index (χ1v) is 2.73. The van der Waals surface area contributed by atoms with Crippen LogP contribution >= 0.6 is 0 Å². The highest BCUT2D eigenvalue weighted by atomic mass is 16.7. The fourth-order valence-corrected chi connectivity index (χ4v) is 0.686. The highest BCUT2D eigenvalue weighted by Gasteiger charge is 2.26. The van der Waals surface area contributed by atoms with Gasteiger partial charge in [-0.05, 0) is 0 Å². The van der Waals surface area contributed by atoms with Crippen LogP contribution in [0.4, 0.5) is 0 Å². The second-order valence-electron chi connectivity index (χ2n) is 1.76. The van der Waals surface area contributed by atoms with E-state index in [-0.39, 0.29) is 13.2 Å². The minimum absolute atomic E-state index is 0.0837. The average Bonchev–Trinajstić information content (AvgIpc) is 1.88. The van der Waals surface area contributed by atoms with Gasteiger partial charge in [0.15, 0.2) is 0 Å². The molecular formula is C5H7NO4. The van der Waals surface area contributed by atoms with Crippen molar-refractivity contribution in [2.45, 2.75) is 0 Å². The average molecular weight is 145 g/mol. The van der Waals surface area contributed by atoms with Crippen molar-refractivity contribution in [1.82, 2.24) is 5.06 Å². The summed E-state index contributed by atoms with van der Waals surface area (Å²) in [6, 6.07) is 0. The molecule has 0 bridgehead atoms. The molecule has 0 aliphatic carbocycles. The second-order valence-corrected chi connectivity index (χ2v) is 1.76. The predicted molar refractivity (Wildman–Crippen MR) is 29.7 cm³/mol. The van der Waals surface area contributed by atoms with Gasteiger partial charge in [0.1, 0.15) is 13.2 Å². The van der Waals surface area contributed by atoms with Crippen LogP contribution in [0.1, 0.15) is 0 Å². The number of hydrogen-bond donors (Lipinski definition) is 0. The molecular weight excluding hydrogens is 138 g/mol. The fourth-order valence-electron chi connectivity index (χ4n) is 0.686. The number of hydroxylamine groups is 2. The first-order chi connectivity index (χ1) is 4.75. The third-order valence-corrected chi connectivity index (χ3v) is 1.09. The molecule has 1 fully saturated rings. The van der Waals surface area contributed by atoms with E-state index in [1.165, 1.54) is 7.11 Å². The van der Waals surface area contributed by atoms with Crippen molar-refractivity contribution in [3.63, 3.8) is 0 Å². The van der Waals surface area contributed by atoms with Crippen molar-refractivity contribution in [3.05, 3.63) is 0 Å². The van der Waals surface area contributed by atoms with Crippen molar-refractivity contribution >= 4 is 11.8 Å². The van der Waals surface area contributed by atoms with Gasteiger partial charge >= 0.3 is 0 Å². The van der Waals surface area contributed by atoms with E-state index in [1.54, 1.807) is 0 Å². The first kappa shape index (κ1) is 7.17. The van der Waals surface area contributed by atoms with Gasteiger partial charge in [-0.25, -0.2) is 0 Å². The Balaban J connectivity index is 2.62. The summed E-state index contributed by atoms with van der Waals surface area (Å²) in [6.45, 7) is -0.168. The molecule has 2 amide bonds. The highest BCUT2D eigenvalue weighted by molar-refractivity contribution is 5.96. The summed E-state index contributed by atoms with van der Waals surface area (Å²) in [4.78, 5) is 25.9. The number of carbonyl (C=O) groups excluding carboxylic acids is 2. The van der Waals surface area contributed by atoms with E-state index in [0.717, 1.165) is 0 Å². The zero-order valence-electron chi connectivity index (χ0n) is 5.49. The lowest BCUT2D eigenvalue weighted by atomic mass is 10.5. The Morgan fingerprint density at radius 2 is 1.90 bits per heavy atom. The number of carbonyl (C=O) groups is 2. The van der Waals surface area contributed by atoms with Crippen LogP contribution in [0.3, 0.4) is 0 Å².